The van der Waals surface area contributed by atoms with Crippen molar-refractivity contribution < 1.29 is 19.4 Å². The number of rotatable bonds is 8. The Hall–Kier alpha value is -0.260. The standard InChI is InChI=1S/C13H22O4S/c1-3-8-10(16-8)5-13(18,7-12(14)15)6-11-9(4-2)17-11/h8-11,18H,3-7H2,1-2H3,(H,14,15). The molecular formula is C13H22O4S. The van der Waals surface area contributed by atoms with Gasteiger partial charge in [0.05, 0.1) is 30.8 Å². The van der Waals surface area contributed by atoms with Crippen molar-refractivity contribution in [3.63, 3.8) is 0 Å². The van der Waals surface area contributed by atoms with Gasteiger partial charge in [-0.3, -0.25) is 4.79 Å². The Morgan fingerprint density at radius 2 is 1.56 bits per heavy atom. The summed E-state index contributed by atoms with van der Waals surface area (Å²) < 4.78 is 10.5. The molecule has 2 rings (SSSR count). The van der Waals surface area contributed by atoms with Crippen molar-refractivity contribution in [2.45, 2.75) is 75.1 Å². The molecule has 0 spiro atoms. The maximum Gasteiger partial charge on any atom is 0.304 e. The molecule has 4 unspecified atom stereocenters. The zero-order valence-corrected chi connectivity index (χ0v) is 11.9. The minimum absolute atomic E-state index is 0.0721. The maximum absolute atomic E-state index is 11.0. The predicted molar refractivity (Wildman–Crippen MR) is 71.1 cm³/mol. The smallest absolute Gasteiger partial charge is 0.304 e. The summed E-state index contributed by atoms with van der Waals surface area (Å²) in [6.07, 6.45) is 4.42. The van der Waals surface area contributed by atoms with Gasteiger partial charge in [-0.25, -0.2) is 0 Å². The van der Waals surface area contributed by atoms with Crippen LogP contribution in [0.1, 0.15) is 46.0 Å². The highest BCUT2D eigenvalue weighted by atomic mass is 32.1. The van der Waals surface area contributed by atoms with E-state index in [4.69, 9.17) is 14.6 Å². The lowest BCUT2D eigenvalue weighted by Gasteiger charge is -2.25. The largest absolute Gasteiger partial charge is 0.481 e. The molecular weight excluding hydrogens is 252 g/mol. The van der Waals surface area contributed by atoms with Gasteiger partial charge in [-0.2, -0.15) is 12.6 Å². The van der Waals surface area contributed by atoms with E-state index >= 15 is 0 Å². The number of epoxide rings is 2. The first kappa shape index (κ1) is 14.2. The number of hydrogen-bond donors (Lipinski definition) is 2. The van der Waals surface area contributed by atoms with Crippen LogP contribution < -0.4 is 0 Å². The molecule has 0 bridgehead atoms. The molecule has 2 saturated heterocycles. The number of carboxylic acid groups (broad SMARTS) is 1. The number of hydrogen-bond acceptors (Lipinski definition) is 4. The summed E-state index contributed by atoms with van der Waals surface area (Å²) in [5, 5.41) is 9.03. The molecule has 2 aliphatic heterocycles. The molecule has 0 aromatic rings. The fourth-order valence-electron chi connectivity index (χ4n) is 2.69. The van der Waals surface area contributed by atoms with E-state index in [-0.39, 0.29) is 18.6 Å². The van der Waals surface area contributed by atoms with Crippen LogP contribution in [0.25, 0.3) is 0 Å². The Morgan fingerprint density at radius 3 is 1.83 bits per heavy atom. The second-order valence-corrected chi connectivity index (χ2v) is 6.39. The number of carboxylic acids is 1. The SMILES string of the molecule is CCC1OC1CC(S)(CC(=O)O)CC1OC1CC. The maximum atomic E-state index is 11.0. The monoisotopic (exact) mass is 274 g/mol. The quantitative estimate of drug-likeness (QED) is 0.526. The van der Waals surface area contributed by atoms with Gasteiger partial charge in [0.25, 0.3) is 0 Å². The zero-order chi connectivity index (χ0) is 13.3. The van der Waals surface area contributed by atoms with Crippen LogP contribution in [0.2, 0.25) is 0 Å². The molecule has 5 heteroatoms. The van der Waals surface area contributed by atoms with Crippen LogP contribution in [0.5, 0.6) is 0 Å². The molecule has 18 heavy (non-hydrogen) atoms. The number of carbonyl (C=O) groups is 1. The summed E-state index contributed by atoms with van der Waals surface area (Å²) in [6.45, 7) is 4.17. The normalized spacial score (nSPS) is 37.1. The minimum Gasteiger partial charge on any atom is -0.481 e. The first-order valence-corrected chi connectivity index (χ1v) is 7.17. The molecule has 4 nitrogen and oxygen atoms in total. The van der Waals surface area contributed by atoms with E-state index in [1.165, 1.54) is 0 Å². The van der Waals surface area contributed by atoms with Crippen LogP contribution in [-0.2, 0) is 14.3 Å². The summed E-state index contributed by atoms with van der Waals surface area (Å²) in [5.41, 5.74) is 0. The van der Waals surface area contributed by atoms with Gasteiger partial charge in [0.2, 0.25) is 0 Å². The molecule has 104 valence electrons. The van der Waals surface area contributed by atoms with Crippen molar-refractivity contribution in [2.24, 2.45) is 0 Å². The Bertz CT molecular complexity index is 300. The van der Waals surface area contributed by atoms with E-state index in [0.29, 0.717) is 25.0 Å². The lowest BCUT2D eigenvalue weighted by molar-refractivity contribution is -0.137. The summed E-state index contributed by atoms with van der Waals surface area (Å²) >= 11 is 4.63. The molecule has 0 radical (unpaired) electrons. The first-order chi connectivity index (χ1) is 8.47. The van der Waals surface area contributed by atoms with Gasteiger partial charge < -0.3 is 14.6 Å². The molecule has 0 aromatic heterocycles. The summed E-state index contributed by atoms with van der Waals surface area (Å²) in [5.74, 6) is -0.799. The topological polar surface area (TPSA) is 62.4 Å². The number of aliphatic carboxylic acids is 1. The highest BCUT2D eigenvalue weighted by molar-refractivity contribution is 7.81. The van der Waals surface area contributed by atoms with Crippen molar-refractivity contribution in [1.29, 1.82) is 0 Å². The van der Waals surface area contributed by atoms with Crippen LogP contribution in [0.3, 0.4) is 0 Å². The van der Waals surface area contributed by atoms with Gasteiger partial charge >= 0.3 is 5.97 Å². The van der Waals surface area contributed by atoms with Crippen LogP contribution in [0.4, 0.5) is 0 Å². The van der Waals surface area contributed by atoms with E-state index < -0.39 is 10.7 Å². The lowest BCUT2D eigenvalue weighted by atomic mass is 9.90. The van der Waals surface area contributed by atoms with Gasteiger partial charge in [-0.15, -0.1) is 0 Å². The summed E-state index contributed by atoms with van der Waals surface area (Å²) in [4.78, 5) is 11.0. The van der Waals surface area contributed by atoms with Gasteiger partial charge in [-0.1, -0.05) is 13.8 Å². The molecule has 0 aliphatic carbocycles. The highest BCUT2D eigenvalue weighted by Crippen LogP contribution is 2.43. The van der Waals surface area contributed by atoms with Gasteiger partial charge in [0.1, 0.15) is 0 Å². The Balaban J connectivity index is 1.88. The van der Waals surface area contributed by atoms with E-state index in [1.807, 2.05) is 0 Å². The van der Waals surface area contributed by atoms with Gasteiger partial charge in [-0.05, 0) is 25.7 Å². The summed E-state index contributed by atoms with van der Waals surface area (Å²) in [7, 11) is 0. The van der Waals surface area contributed by atoms with Crippen LogP contribution >= 0.6 is 12.6 Å². The molecule has 4 atom stereocenters. The van der Waals surface area contributed by atoms with Crippen molar-refractivity contribution >= 4 is 18.6 Å². The van der Waals surface area contributed by atoms with Crippen molar-refractivity contribution in [2.75, 3.05) is 0 Å². The Morgan fingerprint density at radius 1 is 1.11 bits per heavy atom. The molecule has 0 saturated carbocycles. The van der Waals surface area contributed by atoms with Crippen LogP contribution in [0.15, 0.2) is 0 Å². The number of thiol groups is 1. The third kappa shape index (κ3) is 3.62. The highest BCUT2D eigenvalue weighted by Gasteiger charge is 2.48. The second kappa shape index (κ2) is 5.39. The van der Waals surface area contributed by atoms with E-state index in [0.717, 1.165) is 12.8 Å². The van der Waals surface area contributed by atoms with Crippen molar-refractivity contribution in [1.82, 2.24) is 0 Å². The molecule has 2 heterocycles. The van der Waals surface area contributed by atoms with E-state index in [2.05, 4.69) is 26.5 Å². The van der Waals surface area contributed by atoms with Crippen LogP contribution in [0, 0.1) is 0 Å². The fourth-order valence-corrected chi connectivity index (χ4v) is 3.19. The van der Waals surface area contributed by atoms with Crippen molar-refractivity contribution in [3.8, 4) is 0 Å². The lowest BCUT2D eigenvalue weighted by Crippen LogP contribution is -2.30. The first-order valence-electron chi connectivity index (χ1n) is 6.72. The van der Waals surface area contributed by atoms with Crippen LogP contribution in [-0.4, -0.2) is 40.2 Å². The van der Waals surface area contributed by atoms with Gasteiger partial charge in [0, 0.05) is 4.75 Å². The third-order valence-electron chi connectivity index (χ3n) is 3.82. The minimum atomic E-state index is -0.799. The molecule has 2 fully saturated rings. The van der Waals surface area contributed by atoms with E-state index in [1.54, 1.807) is 0 Å². The Labute approximate surface area is 113 Å². The predicted octanol–water partition coefficient (Wildman–Crippen LogP) is 2.26. The Kier molecular flexibility index (Phi) is 4.24. The van der Waals surface area contributed by atoms with Crippen molar-refractivity contribution in [3.05, 3.63) is 0 Å². The molecule has 0 aromatic carbocycles. The second-order valence-electron chi connectivity index (χ2n) is 5.45. The average Bonchev–Trinajstić information content (AvgIpc) is 3.14. The fraction of sp³-hybridized carbons (Fsp3) is 0.923. The van der Waals surface area contributed by atoms with Gasteiger partial charge in [0.15, 0.2) is 0 Å². The molecule has 2 aliphatic rings. The number of ether oxygens (including phenoxy) is 2. The van der Waals surface area contributed by atoms with E-state index in [9.17, 15) is 4.79 Å². The average molecular weight is 274 g/mol. The third-order valence-corrected chi connectivity index (χ3v) is 4.35. The molecule has 1 N–H and O–H groups in total. The zero-order valence-electron chi connectivity index (χ0n) is 11.0. The summed E-state index contributed by atoms with van der Waals surface area (Å²) in [6, 6.07) is 0. The molecule has 0 amide bonds.